The molecule has 4 rings (SSSR count). The molecule has 0 bridgehead atoms. The molecule has 0 fully saturated rings. The van der Waals surface area contributed by atoms with Crippen LogP contribution in [-0.4, -0.2) is 7.11 Å². The summed E-state index contributed by atoms with van der Waals surface area (Å²) in [7, 11) is 1.75. The molecular formula is C22H18O. The molecule has 0 saturated carbocycles. The Bertz CT molecular complexity index is 890. The summed E-state index contributed by atoms with van der Waals surface area (Å²) in [6, 6.07) is 23.6. The van der Waals surface area contributed by atoms with E-state index >= 15 is 0 Å². The van der Waals surface area contributed by atoms with E-state index in [0.29, 0.717) is 6.61 Å². The van der Waals surface area contributed by atoms with Crippen molar-refractivity contribution in [2.24, 2.45) is 0 Å². The van der Waals surface area contributed by atoms with Gasteiger partial charge in [0.2, 0.25) is 0 Å². The molecule has 0 aliphatic heterocycles. The fourth-order valence-corrected chi connectivity index (χ4v) is 3.36. The molecule has 0 saturated heterocycles. The molecule has 0 atom stereocenters. The summed E-state index contributed by atoms with van der Waals surface area (Å²) in [4.78, 5) is 0. The van der Waals surface area contributed by atoms with Gasteiger partial charge in [-0.2, -0.15) is 0 Å². The molecule has 3 aromatic rings. The highest BCUT2D eigenvalue weighted by molar-refractivity contribution is 5.96. The minimum absolute atomic E-state index is 0.614. The minimum atomic E-state index is 0.614. The Hall–Kier alpha value is -2.64. The molecule has 1 nitrogen and oxygen atoms in total. The molecule has 0 radical (unpaired) electrons. The average Bonchev–Trinajstić information content (AvgIpc) is 2.59. The molecule has 112 valence electrons. The quantitative estimate of drug-likeness (QED) is 0.464. The highest BCUT2D eigenvalue weighted by Crippen LogP contribution is 2.40. The minimum Gasteiger partial charge on any atom is -0.380 e. The van der Waals surface area contributed by atoms with E-state index in [1.807, 2.05) is 0 Å². The van der Waals surface area contributed by atoms with Crippen LogP contribution in [0, 0.1) is 0 Å². The predicted octanol–water partition coefficient (Wildman–Crippen LogP) is 5.65. The zero-order chi connectivity index (χ0) is 15.6. The van der Waals surface area contributed by atoms with E-state index in [9.17, 15) is 0 Å². The Balaban J connectivity index is 2.11. The van der Waals surface area contributed by atoms with Gasteiger partial charge in [0.1, 0.15) is 0 Å². The molecule has 0 N–H and O–H groups in total. The highest BCUT2D eigenvalue weighted by Gasteiger charge is 2.17. The number of rotatable bonds is 2. The van der Waals surface area contributed by atoms with E-state index < -0.39 is 0 Å². The van der Waals surface area contributed by atoms with E-state index in [1.165, 1.54) is 38.9 Å². The van der Waals surface area contributed by atoms with Crippen molar-refractivity contribution in [1.29, 1.82) is 0 Å². The second-order valence-corrected chi connectivity index (χ2v) is 5.78. The van der Waals surface area contributed by atoms with Crippen LogP contribution in [0.1, 0.15) is 16.7 Å². The lowest BCUT2D eigenvalue weighted by Gasteiger charge is -2.20. The summed E-state index contributed by atoms with van der Waals surface area (Å²) < 4.78 is 5.45. The van der Waals surface area contributed by atoms with Crippen molar-refractivity contribution in [3.05, 3.63) is 83.4 Å². The normalized spacial score (nSPS) is 13.3. The maximum Gasteiger partial charge on any atom is 0.0719 e. The van der Waals surface area contributed by atoms with E-state index in [1.54, 1.807) is 7.11 Å². The van der Waals surface area contributed by atoms with Gasteiger partial charge in [0.25, 0.3) is 0 Å². The smallest absolute Gasteiger partial charge is 0.0719 e. The molecule has 1 aliphatic rings. The molecule has 1 aliphatic carbocycles. The molecule has 0 aromatic heterocycles. The van der Waals surface area contributed by atoms with Crippen LogP contribution in [0.25, 0.3) is 34.4 Å². The topological polar surface area (TPSA) is 9.23 Å². The standard InChI is InChI=1S/C22H18O/c1-23-15-18-9-6-12-21-19-10-4-2-7-16(19)13-14-17-8-3-5-11-20(17)22(18)21/h2-14H,15H2,1H3/b14-13-,16-13?,17-14?,21-19?,22-20?. The van der Waals surface area contributed by atoms with Gasteiger partial charge in [0.05, 0.1) is 6.61 Å². The monoisotopic (exact) mass is 298 g/mol. The predicted molar refractivity (Wildman–Crippen MR) is 97.0 cm³/mol. The third-order valence-corrected chi connectivity index (χ3v) is 4.37. The van der Waals surface area contributed by atoms with E-state index in [0.717, 1.165) is 0 Å². The fourth-order valence-electron chi connectivity index (χ4n) is 3.36. The largest absolute Gasteiger partial charge is 0.380 e. The third-order valence-electron chi connectivity index (χ3n) is 4.37. The summed E-state index contributed by atoms with van der Waals surface area (Å²) in [5.41, 5.74) is 8.80. The van der Waals surface area contributed by atoms with Gasteiger partial charge in [-0.25, -0.2) is 0 Å². The van der Waals surface area contributed by atoms with Gasteiger partial charge < -0.3 is 4.74 Å². The third kappa shape index (κ3) is 2.39. The lowest BCUT2D eigenvalue weighted by molar-refractivity contribution is 0.185. The maximum absolute atomic E-state index is 5.45. The van der Waals surface area contributed by atoms with Crippen molar-refractivity contribution < 1.29 is 4.74 Å². The number of methoxy groups -OCH3 is 1. The first-order valence-corrected chi connectivity index (χ1v) is 7.86. The van der Waals surface area contributed by atoms with Gasteiger partial charge in [0, 0.05) is 7.11 Å². The summed E-state index contributed by atoms with van der Waals surface area (Å²) >= 11 is 0. The van der Waals surface area contributed by atoms with Gasteiger partial charge in [-0.1, -0.05) is 78.9 Å². The Morgan fingerprint density at radius 3 is 2.00 bits per heavy atom. The zero-order valence-corrected chi connectivity index (χ0v) is 13.1. The fraction of sp³-hybridized carbons (Fsp3) is 0.0909. The first-order valence-electron chi connectivity index (χ1n) is 7.86. The Kier molecular flexibility index (Phi) is 3.57. The van der Waals surface area contributed by atoms with Crippen molar-refractivity contribution in [3.63, 3.8) is 0 Å². The van der Waals surface area contributed by atoms with Crippen LogP contribution in [0.15, 0.2) is 66.7 Å². The van der Waals surface area contributed by atoms with Crippen molar-refractivity contribution in [3.8, 4) is 22.3 Å². The molecule has 23 heavy (non-hydrogen) atoms. The van der Waals surface area contributed by atoms with Crippen LogP contribution >= 0.6 is 0 Å². The van der Waals surface area contributed by atoms with Gasteiger partial charge in [-0.15, -0.1) is 0 Å². The van der Waals surface area contributed by atoms with E-state index in [4.69, 9.17) is 4.74 Å². The maximum atomic E-state index is 5.45. The lowest BCUT2D eigenvalue weighted by atomic mass is 9.85. The molecule has 3 aromatic carbocycles. The van der Waals surface area contributed by atoms with Crippen LogP contribution in [0.2, 0.25) is 0 Å². The number of hydrogen-bond donors (Lipinski definition) is 0. The molecule has 1 heteroatoms. The van der Waals surface area contributed by atoms with Gasteiger partial charge >= 0.3 is 0 Å². The Labute approximate surface area is 136 Å². The van der Waals surface area contributed by atoms with Crippen molar-refractivity contribution in [2.45, 2.75) is 6.61 Å². The van der Waals surface area contributed by atoms with Gasteiger partial charge in [-0.05, 0) is 38.9 Å². The Morgan fingerprint density at radius 2 is 1.26 bits per heavy atom. The van der Waals surface area contributed by atoms with E-state index in [2.05, 4.69) is 78.9 Å². The number of ether oxygens (including phenoxy) is 1. The summed E-state index contributed by atoms with van der Waals surface area (Å²) in [5.74, 6) is 0. The average molecular weight is 298 g/mol. The summed E-state index contributed by atoms with van der Waals surface area (Å²) in [5, 5.41) is 0. The van der Waals surface area contributed by atoms with Crippen LogP contribution in [0.5, 0.6) is 0 Å². The second kappa shape index (κ2) is 5.86. The van der Waals surface area contributed by atoms with Crippen molar-refractivity contribution in [2.75, 3.05) is 7.11 Å². The molecule has 0 spiro atoms. The zero-order valence-electron chi connectivity index (χ0n) is 13.1. The van der Waals surface area contributed by atoms with E-state index in [-0.39, 0.29) is 0 Å². The molecule has 0 heterocycles. The molecule has 0 amide bonds. The van der Waals surface area contributed by atoms with Gasteiger partial charge in [0.15, 0.2) is 0 Å². The van der Waals surface area contributed by atoms with Crippen LogP contribution in [0.4, 0.5) is 0 Å². The molecule has 0 unspecified atom stereocenters. The van der Waals surface area contributed by atoms with Crippen LogP contribution < -0.4 is 0 Å². The first kappa shape index (κ1) is 14.0. The van der Waals surface area contributed by atoms with Crippen molar-refractivity contribution >= 4 is 12.2 Å². The SMILES string of the molecule is COCc1cccc2c1-c1ccccc1/C=C\c1ccccc1-2. The number of hydrogen-bond acceptors (Lipinski definition) is 1. The highest BCUT2D eigenvalue weighted by atomic mass is 16.5. The second-order valence-electron chi connectivity index (χ2n) is 5.78. The van der Waals surface area contributed by atoms with Gasteiger partial charge in [-0.3, -0.25) is 0 Å². The Morgan fingerprint density at radius 1 is 0.652 bits per heavy atom. The lowest BCUT2D eigenvalue weighted by Crippen LogP contribution is -1.98. The van der Waals surface area contributed by atoms with Crippen LogP contribution in [0.3, 0.4) is 0 Å². The summed E-state index contributed by atoms with van der Waals surface area (Å²) in [6.45, 7) is 0.614. The summed E-state index contributed by atoms with van der Waals surface area (Å²) in [6.07, 6.45) is 4.42. The number of fused-ring (bicyclic) bond motifs is 5. The first-order chi connectivity index (χ1) is 11.4. The number of benzene rings is 3. The van der Waals surface area contributed by atoms with Crippen LogP contribution in [-0.2, 0) is 11.3 Å². The van der Waals surface area contributed by atoms with Crippen molar-refractivity contribution in [1.82, 2.24) is 0 Å². The molecular weight excluding hydrogens is 280 g/mol.